The van der Waals surface area contributed by atoms with Crippen LogP contribution in [0, 0.1) is 70.3 Å². The third kappa shape index (κ3) is 67.3. The van der Waals surface area contributed by atoms with Gasteiger partial charge in [0.05, 0.1) is 50.8 Å². The molecule has 0 aliphatic carbocycles. The van der Waals surface area contributed by atoms with Crippen LogP contribution in [0.4, 0.5) is 32.9 Å². The minimum atomic E-state index is -4.41. The van der Waals surface area contributed by atoms with E-state index in [9.17, 15) is 55.3 Å². The summed E-state index contributed by atoms with van der Waals surface area (Å²) in [6.45, 7) is 13.5. The Labute approximate surface area is 852 Å². The number of ether oxygens (including phenoxy) is 6. The second-order valence-corrected chi connectivity index (χ2v) is 91.6. The summed E-state index contributed by atoms with van der Waals surface area (Å²) < 4.78 is 109. The van der Waals surface area contributed by atoms with Crippen LogP contribution in [0.25, 0.3) is 0 Å². The van der Waals surface area contributed by atoms with E-state index >= 15 is 0 Å². The van der Waals surface area contributed by atoms with Crippen molar-refractivity contribution in [2.45, 2.75) is 173 Å². The van der Waals surface area contributed by atoms with Crippen LogP contribution in [0.1, 0.15) is 84.3 Å². The molecule has 8 heterocycles. The predicted octanol–water partition coefficient (Wildman–Crippen LogP) is 3.11. The van der Waals surface area contributed by atoms with Gasteiger partial charge >= 0.3 is 156 Å². The first-order chi connectivity index (χ1) is 46.4. The van der Waals surface area contributed by atoms with Crippen molar-refractivity contribution >= 4 is 250 Å². The van der Waals surface area contributed by atoms with E-state index in [2.05, 4.69) is 250 Å². The van der Waals surface area contributed by atoms with Crippen LogP contribution in [0.5, 0.6) is 0 Å². The minimum Gasteiger partial charge on any atom is -0.533 e. The smallest absolute Gasteiger partial charge is 0.119 e. The maximum absolute atomic E-state index is 11.8. The SMILES string of the molecule is CC(C)(C)OC(=O)NS(=O)(=O)Cl.Cc1[c-]c(N[C@H]2C[C@H](O)[C@@H](CO)O2)n[c-]n1.Cc1[c-]c(N[C@H]2C[C@H](O)[C@@H](COS(=O)(=O)NC(=O)OC(C)(C)C)O2)n[c-]n1.Cc1[c-]c(N[C@H]2C[C@H](O)[C@@H](COS(N)(=O)=O)O2)n[c-]n1.I.II.II(I)I.I[I-]I.OC[C@H]1O[C@@H](Nc2[c-]c(Cl)n[c-]n2)C[C@@H]1O.[Rh].[Rh].[Rh].[Rh].[Rh].[Rh].[Rh].[Rh]. The number of nitrogens with zero attached hydrogens (tertiary/aromatic N) is 8. The molecule has 14 N–H and O–H groups in total. The molecule has 8 rings (SSSR count). The second kappa shape index (κ2) is 70.4. The van der Waals surface area contributed by atoms with Gasteiger partial charge in [0.25, 0.3) is 0 Å². The first-order valence-electron chi connectivity index (χ1n) is 27.5. The number of aryl methyl sites for hydroxylation is 3. The number of rotatable bonds is 18. The van der Waals surface area contributed by atoms with E-state index in [1.54, 1.807) is 67.0 Å². The normalized spacial score (nSPS) is 21.2. The molecule has 4 aromatic heterocycles. The Bertz CT molecular complexity index is 3390. The van der Waals surface area contributed by atoms with Crippen LogP contribution in [-0.2, 0) is 222 Å². The standard InChI is InChI=1S/C15H22N4O7S.C10H14N4O5S.C10H13N3O3.C9H10ClN3O3.C5H10ClNO4S.I4.I3.I2.HI.8Rh/c1-9-5-12(17-8-16-9)18-13-6-10(20)11(25-13)7-24-27(22,23)19-14(21)26-15(2,3)4;1-6-2-9(13-5-12-6)14-10-3-7(15)8(19-10)4-18-20(11,16)17;1-6-2-9(12-5-11-6)13-10-3-7(15)8(4-14)16-10;10-7-2-8(12-4-11-7)13-9-1-5(15)6(3-14)16-9;1-5(2,3)11-4(8)7-12(6,9)10;1-4(2)3;1-3-2;1-2;;;;;;;;;/h10-11,13,20H,6-7H2,1-4H3,(H,19,21)(H,16,17,18);7-8,10,15H,3-4H2,1H3,(H2,11,16,17)(H,12,13,14);7-8,10,14-15H,3-4H2,1H3,(H,11,12,13);5-6,9,14-15H,1,3H2,(H,11,12,13);1-3H3,(H,7,8);;;;1H;;;;;;;;/q4*-2;;;-1;;;;;;;;;;/t10-,11+,13+;2*7-,8+,10+;5-,6+,9+;;;;;;;;;;;;;/m0000............./s1. The molecule has 4 fully saturated rings. The summed E-state index contributed by atoms with van der Waals surface area (Å²) in [6, 6.07) is 11.2. The summed E-state index contributed by atoms with van der Waals surface area (Å²) in [5.41, 5.74) is 0.248. The average Bonchev–Trinajstić information content (AvgIpc) is 1.75. The molecule has 4 aliphatic rings. The molecular formula is C49H70Cl2I10N15O22Rh8S3-9. The number of halogens is 12. The summed E-state index contributed by atoms with van der Waals surface area (Å²) in [6.07, 6.45) is 0.629. The fourth-order valence-electron chi connectivity index (χ4n) is 7.35. The molecule has 0 aromatic carbocycles. The van der Waals surface area contributed by atoms with Crippen LogP contribution in [0.2, 0.25) is 5.15 Å². The molecule has 0 saturated carbocycles. The molecule has 4 saturated heterocycles. The van der Waals surface area contributed by atoms with E-state index in [-0.39, 0.29) is 232 Å². The largest absolute Gasteiger partial charge is 0.533 e. The third-order valence-electron chi connectivity index (χ3n) is 11.0. The molecule has 12 atom stereocenters. The van der Waals surface area contributed by atoms with Gasteiger partial charge in [0.1, 0.15) is 60.5 Å². The summed E-state index contributed by atoms with van der Waals surface area (Å²) in [5.74, 6) is 1.53. The number of aromatic nitrogens is 8. The van der Waals surface area contributed by atoms with Crippen LogP contribution in [-0.4, -0.2) is 219 Å². The number of aliphatic hydroxyl groups excluding tert-OH is 6. The molecule has 109 heavy (non-hydrogen) atoms. The van der Waals surface area contributed by atoms with Crippen molar-refractivity contribution in [1.82, 2.24) is 49.3 Å². The topological polar surface area (TPSA) is 533 Å². The molecule has 4 aromatic rings. The number of nitrogens with two attached hydrogens (primary N) is 1. The fourth-order valence-corrected chi connectivity index (χ4v) is 8.85. The van der Waals surface area contributed by atoms with Gasteiger partial charge in [0.15, 0.2) is 0 Å². The van der Waals surface area contributed by atoms with Gasteiger partial charge in [-0.05, 0) is 41.5 Å². The Morgan fingerprint density at radius 2 is 0.789 bits per heavy atom. The molecule has 60 heteroatoms. The maximum atomic E-state index is 11.8. The second-order valence-electron chi connectivity index (χ2n) is 21.4. The Balaban J connectivity index is -0.000000159. The van der Waals surface area contributed by atoms with Gasteiger partial charge in [0, 0.05) is 255 Å². The quantitative estimate of drug-likeness (QED) is 0.0224. The Hall–Kier alpha value is 6.26. The number of carbonyl (C=O) groups is 2. The van der Waals surface area contributed by atoms with Gasteiger partial charge in [-0.25, -0.2) is 19.5 Å². The summed E-state index contributed by atoms with van der Waals surface area (Å²) in [4.78, 5) is 52.4. The van der Waals surface area contributed by atoms with Gasteiger partial charge in [-0.3, -0.25) is 25.4 Å². The molecule has 4 aliphatic heterocycles. The van der Waals surface area contributed by atoms with E-state index in [1.807, 2.05) is 0 Å². The number of hydrogen-bond acceptors (Lipinski definition) is 34. The minimum absolute atomic E-state index is 0. The van der Waals surface area contributed by atoms with Crippen molar-refractivity contribution < 1.29 is 271 Å². The first-order valence-corrected chi connectivity index (χ1v) is 70.8. The van der Waals surface area contributed by atoms with Crippen LogP contribution < -0.4 is 49.1 Å². The van der Waals surface area contributed by atoms with Gasteiger partial charge in [0.2, 0.25) is 0 Å². The fraction of sp³-hybridized carbons (Fsp3) is 0.633. The number of amides is 2. The predicted molar refractivity (Wildman–Crippen MR) is 439 cm³/mol. The van der Waals surface area contributed by atoms with Crippen molar-refractivity contribution in [3.8, 4) is 0 Å². The zero-order chi connectivity index (χ0) is 76.4. The van der Waals surface area contributed by atoms with Gasteiger partial charge < -0.3 is 144 Å². The zero-order valence-corrected chi connectivity index (χ0v) is 95.2. The Kier molecular flexibility index (Phi) is 86.1. The van der Waals surface area contributed by atoms with Crippen LogP contribution in [0.15, 0.2) is 0 Å². The van der Waals surface area contributed by atoms with Crippen molar-refractivity contribution in [2.24, 2.45) is 5.14 Å². The Morgan fingerprint density at radius 1 is 0.532 bits per heavy atom. The molecule has 0 spiro atoms. The van der Waals surface area contributed by atoms with Gasteiger partial charge in [-0.15, -0.1) is 44.7 Å². The van der Waals surface area contributed by atoms with Gasteiger partial charge in [-0.2, -0.15) is 70.0 Å². The molecule has 2 amide bonds. The molecule has 8 radical (unpaired) electrons. The zero-order valence-electron chi connectivity index (χ0n) is 56.4. The first kappa shape index (κ1) is 133. The summed E-state index contributed by atoms with van der Waals surface area (Å²) in [5, 5.41) is 73.0. The van der Waals surface area contributed by atoms with E-state index in [1.165, 1.54) is 4.72 Å². The van der Waals surface area contributed by atoms with E-state index in [4.69, 9.17) is 65.5 Å². The van der Waals surface area contributed by atoms with E-state index in [0.717, 1.165) is 0 Å². The van der Waals surface area contributed by atoms with E-state index in [0.29, 0.717) is 66.4 Å². The van der Waals surface area contributed by atoms with Crippen molar-refractivity contribution in [2.75, 3.05) is 47.7 Å². The number of aliphatic hydroxyl groups is 6. The van der Waals surface area contributed by atoms with Crippen molar-refractivity contribution in [3.63, 3.8) is 0 Å². The third-order valence-corrected chi connectivity index (χ3v) is 13.2. The monoisotopic (exact) mass is 3480 g/mol. The number of hydrogen-bond donors (Lipinski definition) is 13. The number of nitrogens with one attached hydrogen (secondary N) is 6. The molecule has 0 unspecified atom stereocenters. The van der Waals surface area contributed by atoms with Crippen LogP contribution >= 0.6 is 184 Å². The molecule has 37 nitrogen and oxygen atoms in total. The summed E-state index contributed by atoms with van der Waals surface area (Å²) >= 11 is 22.6. The molecule has 0 bridgehead atoms. The molecular weight excluding hydrogens is 3410 g/mol. The number of anilines is 4. The average molecular weight is 3480 g/mol. The maximum Gasteiger partial charge on any atom is 0.119 e. The Morgan fingerprint density at radius 3 is 1.04 bits per heavy atom. The van der Waals surface area contributed by atoms with Crippen molar-refractivity contribution in [3.05, 3.63) is 71.8 Å². The van der Waals surface area contributed by atoms with Crippen LogP contribution in [0.3, 0.4) is 0 Å². The van der Waals surface area contributed by atoms with E-state index < -0.39 is 127 Å². The summed E-state index contributed by atoms with van der Waals surface area (Å²) in [7, 11) is -8.16. The molecule has 656 valence electrons. The number of carbonyl (C=O) groups excluding carboxylic acids is 2. The van der Waals surface area contributed by atoms with Gasteiger partial charge in [-0.1, -0.05) is 0 Å². The van der Waals surface area contributed by atoms with Crippen molar-refractivity contribution in [1.29, 1.82) is 0 Å².